The highest BCUT2D eigenvalue weighted by molar-refractivity contribution is 5.89. The van der Waals surface area contributed by atoms with Gasteiger partial charge in [-0.2, -0.15) is 18.2 Å². The molecule has 5 aromatic rings. The highest BCUT2D eigenvalue weighted by Crippen LogP contribution is 2.33. The average Bonchev–Trinajstić information content (AvgIpc) is 3.56. The van der Waals surface area contributed by atoms with Crippen LogP contribution in [0, 0.1) is 5.82 Å². The maximum Gasteiger partial charge on any atom is 0.416 e. The predicted molar refractivity (Wildman–Crippen MR) is 143 cm³/mol. The van der Waals surface area contributed by atoms with Crippen molar-refractivity contribution < 1.29 is 26.8 Å². The molecule has 9 nitrogen and oxygen atoms in total. The summed E-state index contributed by atoms with van der Waals surface area (Å²) >= 11 is 0. The van der Waals surface area contributed by atoms with Gasteiger partial charge in [0.2, 0.25) is 5.95 Å². The number of carbonyl (C=O) groups excluding carboxylic acids is 1. The molecule has 13 heteroatoms. The van der Waals surface area contributed by atoms with Crippen LogP contribution in [-0.2, 0) is 6.18 Å². The Bertz CT molecular complexity index is 1670. The summed E-state index contributed by atoms with van der Waals surface area (Å²) in [5.41, 5.74) is 2.06. The molecule has 1 fully saturated rings. The molecule has 3 aromatic heterocycles. The zero-order valence-electron chi connectivity index (χ0n) is 21.4. The van der Waals surface area contributed by atoms with Crippen LogP contribution in [0.15, 0.2) is 77.7 Å². The largest absolute Gasteiger partial charge is 0.432 e. The summed E-state index contributed by atoms with van der Waals surface area (Å²) in [5, 5.41) is 5.98. The fraction of sp³-hybridized carbons (Fsp3) is 0.214. The van der Waals surface area contributed by atoms with Crippen molar-refractivity contribution in [2.75, 3.05) is 23.7 Å². The number of rotatable bonds is 5. The Balaban J connectivity index is 1.12. The number of hydrogen-bond acceptors (Lipinski definition) is 6. The van der Waals surface area contributed by atoms with Crippen molar-refractivity contribution >= 4 is 23.5 Å². The number of fused-ring (bicyclic) bond motifs is 1. The molecule has 2 amide bonds. The summed E-state index contributed by atoms with van der Waals surface area (Å²) in [6, 6.07) is 11.7. The van der Waals surface area contributed by atoms with E-state index in [9.17, 15) is 22.4 Å². The quantitative estimate of drug-likeness (QED) is 0.242. The van der Waals surface area contributed by atoms with Crippen LogP contribution in [0.5, 0.6) is 0 Å². The maximum atomic E-state index is 13.5. The number of likely N-dealkylation sites (tertiary alicyclic amines) is 1. The summed E-state index contributed by atoms with van der Waals surface area (Å²) < 4.78 is 59.1. The molecule has 4 heterocycles. The second-order valence-corrected chi connectivity index (χ2v) is 9.55. The van der Waals surface area contributed by atoms with Crippen LogP contribution in [0.25, 0.3) is 28.5 Å². The van der Waals surface area contributed by atoms with Gasteiger partial charge < -0.3 is 20.0 Å². The van der Waals surface area contributed by atoms with E-state index in [2.05, 4.69) is 20.6 Å². The number of urea groups is 1. The number of benzene rings is 2. The van der Waals surface area contributed by atoms with Crippen molar-refractivity contribution in [3.8, 4) is 22.6 Å². The number of aromatic nitrogens is 4. The number of nitrogens with zero attached hydrogens (tertiary/aromatic N) is 5. The van der Waals surface area contributed by atoms with E-state index >= 15 is 0 Å². The fourth-order valence-corrected chi connectivity index (χ4v) is 4.75. The number of anilines is 2. The number of piperidine rings is 1. The topological polar surface area (TPSA) is 101 Å². The summed E-state index contributed by atoms with van der Waals surface area (Å²) in [5.74, 6) is 0.419. The Hall–Kier alpha value is -4.94. The molecule has 0 bridgehead atoms. The first-order valence-electron chi connectivity index (χ1n) is 12.8. The van der Waals surface area contributed by atoms with Crippen LogP contribution >= 0.6 is 0 Å². The van der Waals surface area contributed by atoms with Gasteiger partial charge in [-0.3, -0.25) is 4.40 Å². The molecule has 2 aromatic carbocycles. The van der Waals surface area contributed by atoms with Crippen molar-refractivity contribution in [3.05, 3.63) is 84.6 Å². The molecular formula is C28H23F4N7O2. The zero-order valence-corrected chi connectivity index (χ0v) is 21.4. The lowest BCUT2D eigenvalue weighted by Crippen LogP contribution is -2.44. The van der Waals surface area contributed by atoms with Gasteiger partial charge in [0.1, 0.15) is 23.5 Å². The molecule has 0 unspecified atom stereocenters. The van der Waals surface area contributed by atoms with Gasteiger partial charge in [0, 0.05) is 42.8 Å². The number of imidazole rings is 1. The summed E-state index contributed by atoms with van der Waals surface area (Å²) in [7, 11) is 0. The zero-order chi connectivity index (χ0) is 28.6. The van der Waals surface area contributed by atoms with E-state index in [0.29, 0.717) is 66.1 Å². The molecule has 0 atom stereocenters. The monoisotopic (exact) mass is 565 g/mol. The second kappa shape index (κ2) is 10.6. The van der Waals surface area contributed by atoms with Crippen LogP contribution in [0.1, 0.15) is 18.4 Å². The van der Waals surface area contributed by atoms with Gasteiger partial charge in [-0.25, -0.2) is 19.2 Å². The van der Waals surface area contributed by atoms with Crippen molar-refractivity contribution in [2.24, 2.45) is 0 Å². The third-order valence-electron chi connectivity index (χ3n) is 6.86. The average molecular weight is 566 g/mol. The minimum atomic E-state index is -4.43. The Kier molecular flexibility index (Phi) is 6.77. The number of oxazole rings is 1. The van der Waals surface area contributed by atoms with Gasteiger partial charge in [0.05, 0.1) is 11.3 Å². The van der Waals surface area contributed by atoms with Crippen LogP contribution in [0.3, 0.4) is 0 Å². The van der Waals surface area contributed by atoms with E-state index in [4.69, 9.17) is 9.40 Å². The highest BCUT2D eigenvalue weighted by Gasteiger charge is 2.30. The number of halogens is 4. The molecule has 0 spiro atoms. The van der Waals surface area contributed by atoms with Gasteiger partial charge in [-0.1, -0.05) is 0 Å². The number of carbonyl (C=O) groups is 1. The molecular weight excluding hydrogens is 542 g/mol. The molecule has 1 aliphatic rings. The standard InChI is InChI=1S/C28H23F4N7O2/c29-19-5-1-17(2-6-19)23-24(39-15-16-41-27(39)37-23)22-9-12-33-25(36-22)34-21-10-13-38(14-11-21)26(40)35-20-7-3-18(4-8-20)28(30,31)32/h1-9,12,15-16,21H,10-11,13-14H2,(H,35,40)(H,33,34,36). The first-order chi connectivity index (χ1) is 19.7. The lowest BCUT2D eigenvalue weighted by molar-refractivity contribution is -0.137. The van der Waals surface area contributed by atoms with Gasteiger partial charge in [-0.05, 0) is 67.4 Å². The first kappa shape index (κ1) is 26.3. The Morgan fingerprint density at radius 3 is 2.41 bits per heavy atom. The molecule has 41 heavy (non-hydrogen) atoms. The van der Waals surface area contributed by atoms with E-state index in [1.54, 1.807) is 39.9 Å². The molecule has 1 saturated heterocycles. The van der Waals surface area contributed by atoms with Gasteiger partial charge in [0.25, 0.3) is 0 Å². The van der Waals surface area contributed by atoms with Crippen LogP contribution in [0.4, 0.5) is 34.0 Å². The molecule has 0 saturated carbocycles. The molecule has 0 radical (unpaired) electrons. The SMILES string of the molecule is O=C(Nc1ccc(C(F)(F)F)cc1)N1CCC(Nc2nccc(-c3c(-c4ccc(F)cc4)nc4occn34)n2)CC1. The van der Waals surface area contributed by atoms with E-state index in [0.717, 1.165) is 12.1 Å². The van der Waals surface area contributed by atoms with Gasteiger partial charge in [0.15, 0.2) is 0 Å². The van der Waals surface area contributed by atoms with Crippen LogP contribution in [-0.4, -0.2) is 49.4 Å². The van der Waals surface area contributed by atoms with E-state index in [1.165, 1.54) is 30.5 Å². The third-order valence-corrected chi connectivity index (χ3v) is 6.86. The lowest BCUT2D eigenvalue weighted by Gasteiger charge is -2.32. The molecule has 210 valence electrons. The van der Waals surface area contributed by atoms with E-state index in [-0.39, 0.29) is 17.9 Å². The number of amides is 2. The van der Waals surface area contributed by atoms with Crippen LogP contribution in [0.2, 0.25) is 0 Å². The number of alkyl halides is 3. The lowest BCUT2D eigenvalue weighted by atomic mass is 10.1. The predicted octanol–water partition coefficient (Wildman–Crippen LogP) is 6.32. The van der Waals surface area contributed by atoms with Gasteiger partial charge >= 0.3 is 18.1 Å². The second-order valence-electron chi connectivity index (χ2n) is 9.55. The Morgan fingerprint density at radius 1 is 0.976 bits per heavy atom. The minimum Gasteiger partial charge on any atom is -0.432 e. The molecule has 6 rings (SSSR count). The summed E-state index contributed by atoms with van der Waals surface area (Å²) in [6.45, 7) is 0.883. The number of nitrogens with one attached hydrogen (secondary N) is 2. The van der Waals surface area contributed by atoms with E-state index < -0.39 is 11.7 Å². The van der Waals surface area contributed by atoms with Crippen molar-refractivity contribution in [1.82, 2.24) is 24.3 Å². The van der Waals surface area contributed by atoms with Crippen molar-refractivity contribution in [2.45, 2.75) is 25.1 Å². The molecule has 2 N–H and O–H groups in total. The number of hydrogen-bond donors (Lipinski definition) is 2. The van der Waals surface area contributed by atoms with Crippen LogP contribution < -0.4 is 10.6 Å². The smallest absolute Gasteiger partial charge is 0.416 e. The Labute approximate surface area is 230 Å². The minimum absolute atomic E-state index is 0.00341. The highest BCUT2D eigenvalue weighted by atomic mass is 19.4. The third kappa shape index (κ3) is 5.55. The van der Waals surface area contributed by atoms with Gasteiger partial charge in [-0.15, -0.1) is 0 Å². The van der Waals surface area contributed by atoms with Crippen molar-refractivity contribution in [1.29, 1.82) is 0 Å². The summed E-state index contributed by atoms with van der Waals surface area (Å²) in [4.78, 5) is 27.9. The normalized spacial score (nSPS) is 14.4. The molecule has 0 aliphatic carbocycles. The van der Waals surface area contributed by atoms with E-state index in [1.807, 2.05) is 0 Å². The maximum absolute atomic E-state index is 13.5. The fourth-order valence-electron chi connectivity index (χ4n) is 4.75. The molecule has 1 aliphatic heterocycles. The Morgan fingerprint density at radius 2 is 1.71 bits per heavy atom. The van der Waals surface area contributed by atoms with Crippen molar-refractivity contribution in [3.63, 3.8) is 0 Å². The summed E-state index contributed by atoms with van der Waals surface area (Å²) in [6.07, 6.45) is 1.68. The first-order valence-corrected chi connectivity index (χ1v) is 12.8.